The van der Waals surface area contributed by atoms with Gasteiger partial charge < -0.3 is 10.2 Å². The summed E-state index contributed by atoms with van der Waals surface area (Å²) in [6, 6.07) is 0. The van der Waals surface area contributed by atoms with Crippen molar-refractivity contribution in [2.24, 2.45) is 5.41 Å². The molecule has 0 unspecified atom stereocenters. The van der Waals surface area contributed by atoms with Crippen LogP contribution in [0.4, 0.5) is 0 Å². The van der Waals surface area contributed by atoms with E-state index in [1.165, 1.54) is 0 Å². The van der Waals surface area contributed by atoms with Gasteiger partial charge in [0, 0.05) is 18.6 Å². The monoisotopic (exact) mass is 186 g/mol. The molecule has 0 aliphatic rings. The second kappa shape index (κ2) is 4.43. The molecule has 2 heteroatoms. The van der Waals surface area contributed by atoms with Gasteiger partial charge in [0.1, 0.15) is 0 Å². The Labute approximate surface area is 83.7 Å². The van der Waals surface area contributed by atoms with Crippen LogP contribution < -0.4 is 5.32 Å². The normalized spacial score (nSPS) is 13.8. The number of rotatable bonds is 4. The summed E-state index contributed by atoms with van der Waals surface area (Å²) < 4.78 is 0. The molecule has 0 bridgehead atoms. The molecule has 2 nitrogen and oxygen atoms in total. The van der Waals surface area contributed by atoms with Crippen molar-refractivity contribution in [3.8, 4) is 0 Å². The predicted molar refractivity (Wildman–Crippen MR) is 60.1 cm³/mol. The minimum Gasteiger partial charge on any atom is -0.314 e. The zero-order valence-electron chi connectivity index (χ0n) is 10.4. The highest BCUT2D eigenvalue weighted by Crippen LogP contribution is 2.15. The average Bonchev–Trinajstić information content (AvgIpc) is 1.81. The third-order valence-corrected chi connectivity index (χ3v) is 2.09. The van der Waals surface area contributed by atoms with Gasteiger partial charge in [-0.05, 0) is 33.4 Å². The van der Waals surface area contributed by atoms with Crippen molar-refractivity contribution >= 4 is 0 Å². The van der Waals surface area contributed by atoms with Crippen molar-refractivity contribution < 1.29 is 0 Å². The summed E-state index contributed by atoms with van der Waals surface area (Å²) in [5.41, 5.74) is 0.596. The van der Waals surface area contributed by atoms with Crippen LogP contribution in [-0.2, 0) is 0 Å². The van der Waals surface area contributed by atoms with Gasteiger partial charge in [0.05, 0.1) is 0 Å². The lowest BCUT2D eigenvalue weighted by Gasteiger charge is -2.33. The van der Waals surface area contributed by atoms with Crippen LogP contribution in [0, 0.1) is 5.41 Å². The first-order chi connectivity index (χ1) is 5.66. The van der Waals surface area contributed by atoms with Crippen LogP contribution in [0.1, 0.15) is 34.6 Å². The maximum absolute atomic E-state index is 3.32. The van der Waals surface area contributed by atoms with Crippen LogP contribution in [0.15, 0.2) is 0 Å². The molecular formula is C11H26N2. The fraction of sp³-hybridized carbons (Fsp3) is 1.00. The summed E-state index contributed by atoms with van der Waals surface area (Å²) >= 11 is 0. The fourth-order valence-corrected chi connectivity index (χ4v) is 1.62. The van der Waals surface area contributed by atoms with Gasteiger partial charge in [-0.15, -0.1) is 0 Å². The molecule has 0 radical (unpaired) electrons. The Morgan fingerprint density at radius 2 is 1.46 bits per heavy atom. The first kappa shape index (κ1) is 12.9. The maximum Gasteiger partial charge on any atom is 0.0249 e. The summed E-state index contributed by atoms with van der Waals surface area (Å²) in [5.74, 6) is 0. The molecule has 0 aliphatic carbocycles. The molecule has 0 aromatic heterocycles. The van der Waals surface area contributed by atoms with E-state index in [1.54, 1.807) is 0 Å². The van der Waals surface area contributed by atoms with Gasteiger partial charge in [0.25, 0.3) is 0 Å². The SMILES string of the molecule is CNC(C)(C)CN(C)CC(C)(C)C. The van der Waals surface area contributed by atoms with Crippen molar-refractivity contribution in [1.82, 2.24) is 10.2 Å². The Morgan fingerprint density at radius 3 is 1.77 bits per heavy atom. The smallest absolute Gasteiger partial charge is 0.0249 e. The molecule has 0 atom stereocenters. The Morgan fingerprint density at radius 1 is 1.00 bits per heavy atom. The minimum absolute atomic E-state index is 0.208. The highest BCUT2D eigenvalue weighted by Gasteiger charge is 2.20. The Hall–Kier alpha value is -0.0800. The Kier molecular flexibility index (Phi) is 4.40. The second-order valence-electron chi connectivity index (χ2n) is 5.87. The first-order valence-corrected chi connectivity index (χ1v) is 5.04. The van der Waals surface area contributed by atoms with E-state index < -0.39 is 0 Å². The maximum atomic E-state index is 3.32. The largest absolute Gasteiger partial charge is 0.314 e. The van der Waals surface area contributed by atoms with Crippen LogP contribution in [0.25, 0.3) is 0 Å². The van der Waals surface area contributed by atoms with E-state index in [0.29, 0.717) is 5.41 Å². The van der Waals surface area contributed by atoms with Gasteiger partial charge in [-0.25, -0.2) is 0 Å². The Bertz CT molecular complexity index is 145. The summed E-state index contributed by atoms with van der Waals surface area (Å²) in [4.78, 5) is 2.39. The minimum atomic E-state index is 0.208. The Balaban J connectivity index is 3.94. The number of hydrogen-bond acceptors (Lipinski definition) is 2. The zero-order valence-corrected chi connectivity index (χ0v) is 10.4. The summed E-state index contributed by atoms with van der Waals surface area (Å²) in [6.45, 7) is 13.5. The molecule has 0 amide bonds. The van der Waals surface area contributed by atoms with Gasteiger partial charge in [0.15, 0.2) is 0 Å². The molecule has 1 N–H and O–H groups in total. The summed E-state index contributed by atoms with van der Waals surface area (Å²) in [7, 11) is 4.20. The van der Waals surface area contributed by atoms with Gasteiger partial charge in [-0.3, -0.25) is 0 Å². The lowest BCUT2D eigenvalue weighted by molar-refractivity contribution is 0.184. The van der Waals surface area contributed by atoms with Crippen LogP contribution >= 0.6 is 0 Å². The first-order valence-electron chi connectivity index (χ1n) is 5.04. The van der Waals surface area contributed by atoms with E-state index in [2.05, 4.69) is 51.9 Å². The van der Waals surface area contributed by atoms with Crippen molar-refractivity contribution in [3.63, 3.8) is 0 Å². The average molecular weight is 186 g/mol. The van der Waals surface area contributed by atoms with E-state index in [0.717, 1.165) is 13.1 Å². The second-order valence-corrected chi connectivity index (χ2v) is 5.87. The van der Waals surface area contributed by atoms with Crippen molar-refractivity contribution in [2.75, 3.05) is 27.2 Å². The van der Waals surface area contributed by atoms with Crippen LogP contribution in [0.5, 0.6) is 0 Å². The quantitative estimate of drug-likeness (QED) is 0.722. The number of hydrogen-bond donors (Lipinski definition) is 1. The van der Waals surface area contributed by atoms with Gasteiger partial charge in [0.2, 0.25) is 0 Å². The molecule has 0 saturated carbocycles. The highest BCUT2D eigenvalue weighted by molar-refractivity contribution is 4.80. The summed E-state index contributed by atoms with van der Waals surface area (Å²) in [6.07, 6.45) is 0. The molecule has 0 rings (SSSR count). The topological polar surface area (TPSA) is 15.3 Å². The molecule has 13 heavy (non-hydrogen) atoms. The molecule has 0 aliphatic heterocycles. The number of likely N-dealkylation sites (N-methyl/N-ethyl adjacent to an activating group) is 2. The van der Waals surface area contributed by atoms with Gasteiger partial charge >= 0.3 is 0 Å². The highest BCUT2D eigenvalue weighted by atomic mass is 15.1. The third-order valence-electron chi connectivity index (χ3n) is 2.09. The van der Waals surface area contributed by atoms with Gasteiger partial charge in [-0.2, -0.15) is 0 Å². The van der Waals surface area contributed by atoms with E-state index >= 15 is 0 Å². The van der Waals surface area contributed by atoms with E-state index in [4.69, 9.17) is 0 Å². The molecule has 0 aromatic carbocycles. The molecule has 0 aromatic rings. The van der Waals surface area contributed by atoms with Crippen LogP contribution in [0.3, 0.4) is 0 Å². The van der Waals surface area contributed by atoms with Crippen molar-refractivity contribution in [1.29, 1.82) is 0 Å². The van der Waals surface area contributed by atoms with E-state index in [9.17, 15) is 0 Å². The summed E-state index contributed by atoms with van der Waals surface area (Å²) in [5, 5.41) is 3.32. The van der Waals surface area contributed by atoms with Crippen molar-refractivity contribution in [3.05, 3.63) is 0 Å². The molecule has 0 heterocycles. The molecular weight excluding hydrogens is 160 g/mol. The van der Waals surface area contributed by atoms with Crippen molar-refractivity contribution in [2.45, 2.75) is 40.2 Å². The van der Waals surface area contributed by atoms with E-state index in [1.807, 2.05) is 7.05 Å². The number of nitrogens with zero attached hydrogens (tertiary/aromatic N) is 1. The fourth-order valence-electron chi connectivity index (χ4n) is 1.62. The lowest BCUT2D eigenvalue weighted by atomic mass is 9.95. The molecule has 0 spiro atoms. The molecule has 0 saturated heterocycles. The molecule has 0 fully saturated rings. The third kappa shape index (κ3) is 7.03. The van der Waals surface area contributed by atoms with Crippen LogP contribution in [0.2, 0.25) is 0 Å². The van der Waals surface area contributed by atoms with E-state index in [-0.39, 0.29) is 5.54 Å². The number of nitrogens with one attached hydrogen (secondary N) is 1. The standard InChI is InChI=1S/C11H26N2/c1-10(2,3)8-13(7)9-11(4,5)12-6/h12H,8-9H2,1-7H3. The predicted octanol–water partition coefficient (Wildman–Crippen LogP) is 1.96. The zero-order chi connectivity index (χ0) is 10.7. The lowest BCUT2D eigenvalue weighted by Crippen LogP contribution is -2.47. The molecule has 80 valence electrons. The van der Waals surface area contributed by atoms with Gasteiger partial charge in [-0.1, -0.05) is 20.8 Å². The van der Waals surface area contributed by atoms with Crippen LogP contribution in [-0.4, -0.2) is 37.6 Å².